The number of thioether (sulfide) groups is 1. The van der Waals surface area contributed by atoms with E-state index in [1.165, 1.54) is 0 Å². The maximum Gasteiger partial charge on any atom is 0.332 e. The van der Waals surface area contributed by atoms with Crippen LogP contribution in [0, 0.1) is 0 Å². The second kappa shape index (κ2) is 3.84. The van der Waals surface area contributed by atoms with Gasteiger partial charge in [0.25, 0.3) is 0 Å². The van der Waals surface area contributed by atoms with E-state index in [9.17, 15) is 9.90 Å². The summed E-state index contributed by atoms with van der Waals surface area (Å²) < 4.78 is 0. The van der Waals surface area contributed by atoms with Crippen LogP contribution in [0.1, 0.15) is 5.56 Å². The smallest absolute Gasteiger partial charge is 0.332 e. The zero-order valence-corrected chi connectivity index (χ0v) is 8.36. The Hall–Kier alpha value is -1.66. The molecule has 1 aliphatic rings. The number of nitrogens with one attached hydrogen (secondary N) is 1. The molecule has 0 spiro atoms. The SMILES string of the molecule is O=C1SC(O)=C(c2ccccc2)NN1O. The summed E-state index contributed by atoms with van der Waals surface area (Å²) in [4.78, 5) is 11.0. The molecular weight excluding hydrogens is 216 g/mol. The zero-order valence-electron chi connectivity index (χ0n) is 7.54. The molecule has 6 heteroatoms. The van der Waals surface area contributed by atoms with Gasteiger partial charge in [-0.05, 0) is 0 Å². The van der Waals surface area contributed by atoms with Crippen molar-refractivity contribution in [1.29, 1.82) is 0 Å². The predicted octanol–water partition coefficient (Wildman–Crippen LogP) is 1.93. The summed E-state index contributed by atoms with van der Waals surface area (Å²) in [5, 5.41) is 18.2. The number of hydrogen-bond donors (Lipinski definition) is 3. The Morgan fingerprint density at radius 3 is 2.60 bits per heavy atom. The molecule has 0 aliphatic carbocycles. The summed E-state index contributed by atoms with van der Waals surface area (Å²) in [6, 6.07) is 8.92. The van der Waals surface area contributed by atoms with E-state index in [1.54, 1.807) is 24.3 Å². The van der Waals surface area contributed by atoms with E-state index >= 15 is 0 Å². The Balaban J connectivity index is 2.37. The number of aliphatic hydroxyl groups is 1. The molecule has 1 aliphatic heterocycles. The van der Waals surface area contributed by atoms with Crippen molar-refractivity contribution in [2.24, 2.45) is 0 Å². The highest BCUT2D eigenvalue weighted by Crippen LogP contribution is 2.28. The lowest BCUT2D eigenvalue weighted by molar-refractivity contribution is -0.0611. The number of hydrazine groups is 1. The lowest BCUT2D eigenvalue weighted by Crippen LogP contribution is -2.40. The average molecular weight is 224 g/mol. The topological polar surface area (TPSA) is 72.8 Å². The molecule has 0 bridgehead atoms. The number of aliphatic hydroxyl groups excluding tert-OH is 1. The lowest BCUT2D eigenvalue weighted by atomic mass is 10.2. The van der Waals surface area contributed by atoms with Crippen LogP contribution in [0.2, 0.25) is 0 Å². The summed E-state index contributed by atoms with van der Waals surface area (Å²) in [7, 11) is 0. The molecule has 0 aromatic heterocycles. The third-order valence-corrected chi connectivity index (χ3v) is 2.60. The Morgan fingerprint density at radius 1 is 1.27 bits per heavy atom. The molecule has 15 heavy (non-hydrogen) atoms. The highest BCUT2D eigenvalue weighted by molar-refractivity contribution is 8.16. The average Bonchev–Trinajstić information content (AvgIpc) is 2.25. The normalized spacial score (nSPS) is 16.6. The second-order valence-corrected chi connectivity index (χ2v) is 3.78. The largest absolute Gasteiger partial charge is 0.500 e. The van der Waals surface area contributed by atoms with E-state index in [4.69, 9.17) is 5.21 Å². The molecule has 5 nitrogen and oxygen atoms in total. The van der Waals surface area contributed by atoms with Gasteiger partial charge in [-0.25, -0.2) is 0 Å². The van der Waals surface area contributed by atoms with E-state index in [-0.39, 0.29) is 5.09 Å². The molecule has 3 N–H and O–H groups in total. The first-order chi connectivity index (χ1) is 7.18. The lowest BCUT2D eigenvalue weighted by Gasteiger charge is -2.23. The van der Waals surface area contributed by atoms with Gasteiger partial charge in [-0.1, -0.05) is 30.3 Å². The van der Waals surface area contributed by atoms with Crippen LogP contribution >= 0.6 is 11.8 Å². The molecular formula is C9H8N2O3S. The van der Waals surface area contributed by atoms with Crippen LogP contribution in [0.25, 0.3) is 5.70 Å². The number of carbonyl (C=O) groups is 1. The number of carbonyl (C=O) groups excluding carboxylic acids is 1. The first-order valence-electron chi connectivity index (χ1n) is 4.14. The highest BCUT2D eigenvalue weighted by Gasteiger charge is 2.25. The van der Waals surface area contributed by atoms with Gasteiger partial charge in [0.1, 0.15) is 5.70 Å². The molecule has 0 saturated heterocycles. The number of hydrogen-bond acceptors (Lipinski definition) is 5. The number of nitrogens with zero attached hydrogens (tertiary/aromatic N) is 1. The third-order valence-electron chi connectivity index (χ3n) is 1.85. The molecule has 0 fully saturated rings. The molecule has 0 saturated carbocycles. The van der Waals surface area contributed by atoms with Crippen molar-refractivity contribution in [1.82, 2.24) is 10.6 Å². The first-order valence-corrected chi connectivity index (χ1v) is 4.96. The van der Waals surface area contributed by atoms with Gasteiger partial charge in [0, 0.05) is 17.3 Å². The highest BCUT2D eigenvalue weighted by atomic mass is 32.2. The third kappa shape index (κ3) is 1.90. The van der Waals surface area contributed by atoms with Crippen LogP contribution < -0.4 is 5.43 Å². The van der Waals surface area contributed by atoms with Crippen molar-refractivity contribution in [3.05, 3.63) is 41.0 Å². The van der Waals surface area contributed by atoms with Crippen LogP contribution in [-0.4, -0.2) is 20.7 Å². The van der Waals surface area contributed by atoms with Crippen LogP contribution in [0.4, 0.5) is 4.79 Å². The van der Waals surface area contributed by atoms with E-state index in [1.807, 2.05) is 6.07 Å². The van der Waals surface area contributed by atoms with E-state index < -0.39 is 5.24 Å². The molecule has 1 amide bonds. The van der Waals surface area contributed by atoms with Crippen LogP contribution in [0.3, 0.4) is 0 Å². The van der Waals surface area contributed by atoms with Crippen molar-refractivity contribution >= 4 is 22.7 Å². The van der Waals surface area contributed by atoms with Gasteiger partial charge in [-0.15, -0.1) is 5.17 Å². The van der Waals surface area contributed by atoms with Gasteiger partial charge < -0.3 is 5.11 Å². The first kappa shape index (κ1) is 9.88. The van der Waals surface area contributed by atoms with E-state index in [2.05, 4.69) is 5.43 Å². The van der Waals surface area contributed by atoms with E-state index in [0.717, 1.165) is 0 Å². The van der Waals surface area contributed by atoms with Gasteiger partial charge in [0.2, 0.25) is 0 Å². The number of rotatable bonds is 1. The van der Waals surface area contributed by atoms with Gasteiger partial charge in [-0.3, -0.25) is 15.4 Å². The Morgan fingerprint density at radius 2 is 1.93 bits per heavy atom. The zero-order chi connectivity index (χ0) is 10.8. The van der Waals surface area contributed by atoms with Crippen molar-refractivity contribution in [3.63, 3.8) is 0 Å². The molecule has 1 aromatic rings. The fourth-order valence-corrected chi connectivity index (χ4v) is 1.73. The quantitative estimate of drug-likeness (QED) is 0.636. The summed E-state index contributed by atoms with van der Waals surface area (Å²) >= 11 is 0.562. The van der Waals surface area contributed by atoms with Crippen molar-refractivity contribution in [2.45, 2.75) is 0 Å². The fourth-order valence-electron chi connectivity index (χ4n) is 1.17. The fraction of sp³-hybridized carbons (Fsp3) is 0. The second-order valence-electron chi connectivity index (χ2n) is 2.84. The Bertz CT molecular complexity index is 419. The number of hydroxylamine groups is 1. The van der Waals surface area contributed by atoms with Gasteiger partial charge in [-0.2, -0.15) is 0 Å². The number of benzene rings is 1. The summed E-state index contributed by atoms with van der Waals surface area (Å²) in [5.74, 6) is 0. The minimum atomic E-state index is -0.674. The van der Waals surface area contributed by atoms with Crippen LogP contribution in [0.15, 0.2) is 35.4 Å². The standard InChI is InChI=1S/C9H8N2O3S/c12-8-7(6-4-2-1-3-5-6)10-11(14)9(13)15-8/h1-5,10,12,14H. The molecule has 78 valence electrons. The Kier molecular flexibility index (Phi) is 2.53. The molecule has 0 unspecified atom stereocenters. The van der Waals surface area contributed by atoms with Gasteiger partial charge >= 0.3 is 5.24 Å². The Labute approximate surface area is 89.9 Å². The van der Waals surface area contributed by atoms with Gasteiger partial charge in [0.15, 0.2) is 5.09 Å². The molecule has 1 aromatic carbocycles. The monoisotopic (exact) mass is 224 g/mol. The molecule has 0 atom stereocenters. The van der Waals surface area contributed by atoms with Gasteiger partial charge in [0.05, 0.1) is 0 Å². The maximum absolute atomic E-state index is 11.0. The molecule has 2 rings (SSSR count). The minimum Gasteiger partial charge on any atom is -0.500 e. The van der Waals surface area contributed by atoms with Crippen molar-refractivity contribution in [2.75, 3.05) is 0 Å². The predicted molar refractivity (Wildman–Crippen MR) is 55.7 cm³/mol. The maximum atomic E-state index is 11.0. The molecule has 1 heterocycles. The van der Waals surface area contributed by atoms with Crippen molar-refractivity contribution < 1.29 is 15.1 Å². The minimum absolute atomic E-state index is 0.156. The molecule has 0 radical (unpaired) electrons. The number of amides is 1. The summed E-state index contributed by atoms with van der Waals surface area (Å²) in [6.45, 7) is 0. The summed E-state index contributed by atoms with van der Waals surface area (Å²) in [6.07, 6.45) is 0. The summed E-state index contributed by atoms with van der Waals surface area (Å²) in [5.41, 5.74) is 3.38. The van der Waals surface area contributed by atoms with Crippen LogP contribution in [0.5, 0.6) is 0 Å². The van der Waals surface area contributed by atoms with Crippen LogP contribution in [-0.2, 0) is 0 Å². The van der Waals surface area contributed by atoms with E-state index in [0.29, 0.717) is 28.2 Å². The van der Waals surface area contributed by atoms with Crippen molar-refractivity contribution in [3.8, 4) is 0 Å².